The molecule has 0 N–H and O–H groups in total. The number of ether oxygens (including phenoxy) is 3. The van der Waals surface area contributed by atoms with Gasteiger partial charge in [-0.3, -0.25) is 9.36 Å². The Kier molecular flexibility index (Phi) is 8.80. The van der Waals surface area contributed by atoms with Crippen molar-refractivity contribution in [1.29, 1.82) is 0 Å². The summed E-state index contributed by atoms with van der Waals surface area (Å²) in [7, 11) is 2.94. The number of thiazole rings is 1. The van der Waals surface area contributed by atoms with Crippen LogP contribution in [-0.2, 0) is 14.3 Å². The van der Waals surface area contributed by atoms with E-state index in [2.05, 4.69) is 25.5 Å². The second-order valence-electron chi connectivity index (χ2n) is 10.3. The van der Waals surface area contributed by atoms with E-state index in [1.165, 1.54) is 18.4 Å². The number of hydrogen-bond acceptors (Lipinski definition) is 8. The van der Waals surface area contributed by atoms with Gasteiger partial charge in [0, 0.05) is 17.1 Å². The van der Waals surface area contributed by atoms with Crippen molar-refractivity contribution >= 4 is 45.3 Å². The smallest absolute Gasteiger partial charge is 0.338 e. The van der Waals surface area contributed by atoms with E-state index in [-0.39, 0.29) is 12.2 Å². The van der Waals surface area contributed by atoms with E-state index in [1.807, 2.05) is 57.2 Å². The van der Waals surface area contributed by atoms with Crippen molar-refractivity contribution in [3.8, 4) is 11.4 Å². The van der Waals surface area contributed by atoms with Crippen LogP contribution >= 0.6 is 27.3 Å². The first-order valence-corrected chi connectivity index (χ1v) is 15.5. The Balaban J connectivity index is 1.69. The number of carbonyl (C=O) groups is 2. The van der Waals surface area contributed by atoms with Crippen LogP contribution < -0.4 is 19.6 Å². The molecule has 2 aromatic heterocycles. The Bertz CT molecular complexity index is 2030. The van der Waals surface area contributed by atoms with E-state index in [1.54, 1.807) is 37.7 Å². The van der Waals surface area contributed by atoms with Crippen LogP contribution in [0.2, 0.25) is 0 Å². The minimum Gasteiger partial charge on any atom is -0.496 e. The highest BCUT2D eigenvalue weighted by Crippen LogP contribution is 2.35. The van der Waals surface area contributed by atoms with E-state index in [0.29, 0.717) is 42.0 Å². The van der Waals surface area contributed by atoms with Crippen LogP contribution in [0.3, 0.4) is 0 Å². The van der Waals surface area contributed by atoms with Gasteiger partial charge in [0.05, 0.1) is 52.7 Å². The van der Waals surface area contributed by atoms with E-state index in [4.69, 9.17) is 14.2 Å². The van der Waals surface area contributed by atoms with Crippen LogP contribution in [0, 0.1) is 20.8 Å². The first-order chi connectivity index (χ1) is 21.0. The van der Waals surface area contributed by atoms with Gasteiger partial charge in [-0.25, -0.2) is 14.6 Å². The second-order valence-corrected chi connectivity index (χ2v) is 12.2. The third kappa shape index (κ3) is 5.35. The van der Waals surface area contributed by atoms with Gasteiger partial charge in [0.1, 0.15) is 5.75 Å². The van der Waals surface area contributed by atoms with Crippen LogP contribution in [0.5, 0.6) is 5.75 Å². The number of hydrogen-bond donors (Lipinski definition) is 0. The van der Waals surface area contributed by atoms with Crippen LogP contribution in [0.1, 0.15) is 58.3 Å². The summed E-state index contributed by atoms with van der Waals surface area (Å²) in [5.41, 5.74) is 6.06. The number of methoxy groups -OCH3 is 2. The molecule has 0 aliphatic carbocycles. The number of allylic oxidation sites excluding steroid dienone is 1. The molecule has 4 aromatic rings. The van der Waals surface area contributed by atoms with Crippen molar-refractivity contribution in [2.24, 2.45) is 4.99 Å². The summed E-state index contributed by atoms with van der Waals surface area (Å²) in [5.74, 6) is -0.292. The summed E-state index contributed by atoms with van der Waals surface area (Å²) in [6.07, 6.45) is 1.85. The van der Waals surface area contributed by atoms with E-state index >= 15 is 0 Å². The summed E-state index contributed by atoms with van der Waals surface area (Å²) >= 11 is 4.81. The second kappa shape index (κ2) is 12.4. The van der Waals surface area contributed by atoms with Gasteiger partial charge in [-0.15, -0.1) is 0 Å². The summed E-state index contributed by atoms with van der Waals surface area (Å²) in [6.45, 7) is 9.53. The number of carbonyl (C=O) groups excluding carboxylic acids is 2. The lowest BCUT2D eigenvalue weighted by Crippen LogP contribution is -2.40. The number of aromatic nitrogens is 2. The van der Waals surface area contributed by atoms with Gasteiger partial charge >= 0.3 is 11.9 Å². The minimum atomic E-state index is -0.745. The van der Waals surface area contributed by atoms with Crippen molar-refractivity contribution in [3.63, 3.8) is 0 Å². The molecule has 0 radical (unpaired) electrons. The highest BCUT2D eigenvalue weighted by molar-refractivity contribution is 9.10. The lowest BCUT2D eigenvalue weighted by atomic mass is 9.96. The summed E-state index contributed by atoms with van der Waals surface area (Å²) in [5, 5.41) is 0. The maximum Gasteiger partial charge on any atom is 0.338 e. The number of fused-ring (bicyclic) bond motifs is 1. The molecule has 44 heavy (non-hydrogen) atoms. The standard InChI is InChI=1S/C33H32BrN3O6S/c1-8-43-32(40)28-19(4)35-33-37(29(28)21-12-13-26(41-6)24(34)15-21)30(38)27(44-33)16-22-14-17(2)36(20(22)5)25-11-9-10-23(18(25)3)31(39)42-7/h9-16,29H,8H2,1-7H3/b27-16+/t29-/m0/s1. The van der Waals surface area contributed by atoms with Crippen molar-refractivity contribution in [2.75, 3.05) is 20.8 Å². The minimum absolute atomic E-state index is 0.191. The molecular formula is C33H32BrN3O6S. The third-order valence-corrected chi connectivity index (χ3v) is 9.32. The quantitative estimate of drug-likeness (QED) is 0.253. The Hall–Kier alpha value is -4.22. The Morgan fingerprint density at radius 3 is 2.48 bits per heavy atom. The van der Waals surface area contributed by atoms with Crippen molar-refractivity contribution in [3.05, 3.63) is 112 Å². The normalized spacial score (nSPS) is 14.7. The highest BCUT2D eigenvalue weighted by Gasteiger charge is 2.33. The molecular weight excluding hydrogens is 646 g/mol. The maximum atomic E-state index is 14.1. The van der Waals surface area contributed by atoms with Crippen LogP contribution in [-0.4, -0.2) is 41.9 Å². The van der Waals surface area contributed by atoms with E-state index in [9.17, 15) is 14.4 Å². The average Bonchev–Trinajstić information content (AvgIpc) is 3.45. The van der Waals surface area contributed by atoms with Crippen LogP contribution in [0.15, 0.2) is 68.0 Å². The van der Waals surface area contributed by atoms with Gasteiger partial charge in [0.25, 0.3) is 5.56 Å². The number of nitrogens with zero attached hydrogens (tertiary/aromatic N) is 3. The number of aryl methyl sites for hydroxylation is 1. The third-order valence-electron chi connectivity index (χ3n) is 7.72. The molecule has 1 atom stereocenters. The molecule has 0 bridgehead atoms. The molecule has 0 saturated carbocycles. The van der Waals surface area contributed by atoms with E-state index < -0.39 is 18.0 Å². The monoisotopic (exact) mass is 677 g/mol. The maximum absolute atomic E-state index is 14.1. The topological polar surface area (TPSA) is 101 Å². The molecule has 0 spiro atoms. The largest absolute Gasteiger partial charge is 0.496 e. The zero-order valence-corrected chi connectivity index (χ0v) is 27.9. The van der Waals surface area contributed by atoms with Gasteiger partial charge in [-0.05, 0) is 104 Å². The number of benzene rings is 2. The van der Waals surface area contributed by atoms with Gasteiger partial charge in [0.2, 0.25) is 0 Å². The molecule has 3 heterocycles. The molecule has 228 valence electrons. The number of esters is 2. The fourth-order valence-corrected chi connectivity index (χ4v) is 7.20. The fourth-order valence-electron chi connectivity index (χ4n) is 5.60. The Morgan fingerprint density at radius 1 is 1.07 bits per heavy atom. The highest BCUT2D eigenvalue weighted by atomic mass is 79.9. The predicted octanol–water partition coefficient (Wildman–Crippen LogP) is 5.07. The Labute approximate surface area is 266 Å². The molecule has 0 saturated heterocycles. The summed E-state index contributed by atoms with van der Waals surface area (Å²) < 4.78 is 20.6. The zero-order chi connectivity index (χ0) is 31.9. The number of halogens is 1. The predicted molar refractivity (Wildman–Crippen MR) is 172 cm³/mol. The molecule has 1 aliphatic rings. The first-order valence-electron chi connectivity index (χ1n) is 13.9. The van der Waals surface area contributed by atoms with Gasteiger partial charge in [-0.1, -0.05) is 23.5 Å². The number of rotatable bonds is 7. The first kappa shape index (κ1) is 31.2. The molecule has 2 aromatic carbocycles. The van der Waals surface area contributed by atoms with Crippen LogP contribution in [0.25, 0.3) is 11.8 Å². The average molecular weight is 679 g/mol. The molecule has 1 aliphatic heterocycles. The van der Waals surface area contributed by atoms with Crippen molar-refractivity contribution in [2.45, 2.75) is 40.7 Å². The summed E-state index contributed by atoms with van der Waals surface area (Å²) in [4.78, 5) is 44.9. The molecule has 11 heteroatoms. The molecule has 0 amide bonds. The van der Waals surface area contributed by atoms with Gasteiger partial charge < -0.3 is 18.8 Å². The zero-order valence-electron chi connectivity index (χ0n) is 25.5. The lowest BCUT2D eigenvalue weighted by Gasteiger charge is -2.25. The van der Waals surface area contributed by atoms with Gasteiger partial charge in [-0.2, -0.15) is 0 Å². The van der Waals surface area contributed by atoms with Crippen molar-refractivity contribution < 1.29 is 23.8 Å². The SMILES string of the molecule is CCOC(=O)C1=C(C)N=c2s/c(=C/c3cc(C)n(-c4cccc(C(=O)OC)c4C)c3C)c(=O)n2[C@H]1c1ccc(OC)c(Br)c1. The molecule has 0 fully saturated rings. The lowest BCUT2D eigenvalue weighted by molar-refractivity contribution is -0.139. The molecule has 0 unspecified atom stereocenters. The fraction of sp³-hybridized carbons (Fsp3) is 0.273. The van der Waals surface area contributed by atoms with Crippen molar-refractivity contribution in [1.82, 2.24) is 9.13 Å². The Morgan fingerprint density at radius 2 is 1.82 bits per heavy atom. The van der Waals surface area contributed by atoms with Gasteiger partial charge in [0.15, 0.2) is 4.80 Å². The molecule has 9 nitrogen and oxygen atoms in total. The van der Waals surface area contributed by atoms with Crippen LogP contribution in [0.4, 0.5) is 0 Å². The summed E-state index contributed by atoms with van der Waals surface area (Å²) in [6, 6.07) is 12.2. The van der Waals surface area contributed by atoms with E-state index in [0.717, 1.165) is 28.2 Å². The molecule has 5 rings (SSSR count).